The zero-order chi connectivity index (χ0) is 12.1. The van der Waals surface area contributed by atoms with Gasteiger partial charge in [0.2, 0.25) is 0 Å². The first-order valence-electron chi connectivity index (χ1n) is 6.79. The summed E-state index contributed by atoms with van der Waals surface area (Å²) in [6.45, 7) is 6.46. The Bertz CT molecular complexity index is 223. The fourth-order valence-electron chi connectivity index (χ4n) is 3.24. The molecular weight excluding hydrogens is 200 g/mol. The lowest BCUT2D eigenvalue weighted by Gasteiger charge is -2.35. The van der Waals surface area contributed by atoms with Gasteiger partial charge in [-0.2, -0.15) is 0 Å². The molecule has 0 amide bonds. The van der Waals surface area contributed by atoms with Crippen LogP contribution >= 0.6 is 0 Å². The Labute approximate surface area is 99.4 Å². The van der Waals surface area contributed by atoms with Crippen LogP contribution in [0.3, 0.4) is 0 Å². The van der Waals surface area contributed by atoms with E-state index in [9.17, 15) is 9.90 Å². The van der Waals surface area contributed by atoms with E-state index in [0.717, 1.165) is 19.3 Å². The third-order valence-corrected chi connectivity index (χ3v) is 4.05. The van der Waals surface area contributed by atoms with E-state index in [1.807, 2.05) is 0 Å². The van der Waals surface area contributed by atoms with Crippen LogP contribution in [0.2, 0.25) is 0 Å². The van der Waals surface area contributed by atoms with E-state index in [1.54, 1.807) is 0 Å². The molecule has 94 valence electrons. The average Bonchev–Trinajstić information content (AvgIpc) is 2.25. The summed E-state index contributed by atoms with van der Waals surface area (Å²) in [5.41, 5.74) is 0. The van der Waals surface area contributed by atoms with Gasteiger partial charge in [-0.25, -0.2) is 0 Å². The zero-order valence-corrected chi connectivity index (χ0v) is 10.9. The summed E-state index contributed by atoms with van der Waals surface area (Å²) < 4.78 is 0. The Morgan fingerprint density at radius 3 is 2.44 bits per heavy atom. The molecule has 16 heavy (non-hydrogen) atoms. The van der Waals surface area contributed by atoms with Gasteiger partial charge in [0.25, 0.3) is 0 Å². The summed E-state index contributed by atoms with van der Waals surface area (Å²) in [5, 5.41) is 9.39. The second-order valence-electron chi connectivity index (χ2n) is 5.69. The minimum absolute atomic E-state index is 0.106. The maximum atomic E-state index is 11.4. The van der Waals surface area contributed by atoms with Crippen molar-refractivity contribution in [2.75, 3.05) is 0 Å². The van der Waals surface area contributed by atoms with E-state index in [0.29, 0.717) is 17.8 Å². The standard InChI is InChI=1S/C14H26O2/c1-4-11-7-5-6-8-12(11)13(14(15)16)9-10(2)3/h10-13H,4-9H2,1-3H3,(H,15,16). The molecule has 1 saturated carbocycles. The van der Waals surface area contributed by atoms with Crippen LogP contribution in [0.25, 0.3) is 0 Å². The SMILES string of the molecule is CCC1CCCCC1C(CC(C)C)C(=O)O. The third kappa shape index (κ3) is 3.50. The highest BCUT2D eigenvalue weighted by atomic mass is 16.4. The van der Waals surface area contributed by atoms with Gasteiger partial charge in [-0.15, -0.1) is 0 Å². The number of aliphatic carboxylic acids is 1. The van der Waals surface area contributed by atoms with E-state index in [2.05, 4.69) is 20.8 Å². The summed E-state index contributed by atoms with van der Waals surface area (Å²) in [5.74, 6) is 0.886. The molecule has 0 bridgehead atoms. The van der Waals surface area contributed by atoms with Gasteiger partial charge in [-0.1, -0.05) is 46.5 Å². The van der Waals surface area contributed by atoms with Crippen LogP contribution in [0.1, 0.15) is 59.3 Å². The Hall–Kier alpha value is -0.530. The highest BCUT2D eigenvalue weighted by Gasteiger charge is 2.35. The molecule has 0 aromatic carbocycles. The van der Waals surface area contributed by atoms with Gasteiger partial charge in [0.1, 0.15) is 0 Å². The van der Waals surface area contributed by atoms with Crippen LogP contribution in [0.15, 0.2) is 0 Å². The first-order valence-corrected chi connectivity index (χ1v) is 6.79. The number of carboxylic acid groups (broad SMARTS) is 1. The molecule has 1 fully saturated rings. The van der Waals surface area contributed by atoms with Gasteiger partial charge >= 0.3 is 5.97 Å². The normalized spacial score (nSPS) is 28.0. The van der Waals surface area contributed by atoms with Gasteiger partial charge in [-0.3, -0.25) is 4.79 Å². The summed E-state index contributed by atoms with van der Waals surface area (Å²) in [6.07, 6.45) is 6.88. The lowest BCUT2D eigenvalue weighted by molar-refractivity contribution is -0.146. The molecule has 0 saturated heterocycles. The first kappa shape index (κ1) is 13.5. The monoisotopic (exact) mass is 226 g/mol. The highest BCUT2D eigenvalue weighted by Crippen LogP contribution is 2.39. The fraction of sp³-hybridized carbons (Fsp3) is 0.929. The molecule has 2 nitrogen and oxygen atoms in total. The van der Waals surface area contributed by atoms with Crippen LogP contribution in [0.4, 0.5) is 0 Å². The highest BCUT2D eigenvalue weighted by molar-refractivity contribution is 5.70. The van der Waals surface area contributed by atoms with Gasteiger partial charge < -0.3 is 5.11 Å². The van der Waals surface area contributed by atoms with Gasteiger partial charge in [0.05, 0.1) is 5.92 Å². The molecule has 2 heteroatoms. The molecule has 0 radical (unpaired) electrons. The Morgan fingerprint density at radius 1 is 1.31 bits per heavy atom. The minimum atomic E-state index is -0.570. The van der Waals surface area contributed by atoms with E-state index in [-0.39, 0.29) is 5.92 Å². The second-order valence-corrected chi connectivity index (χ2v) is 5.69. The van der Waals surface area contributed by atoms with E-state index in [4.69, 9.17) is 0 Å². The maximum absolute atomic E-state index is 11.4. The molecule has 1 aliphatic carbocycles. The largest absolute Gasteiger partial charge is 0.481 e. The summed E-state index contributed by atoms with van der Waals surface area (Å²) in [4.78, 5) is 11.4. The van der Waals surface area contributed by atoms with Gasteiger partial charge in [0, 0.05) is 0 Å². The number of rotatable bonds is 5. The van der Waals surface area contributed by atoms with Gasteiger partial charge in [-0.05, 0) is 30.6 Å². The molecule has 0 aliphatic heterocycles. The molecular formula is C14H26O2. The molecule has 1 rings (SSSR count). The maximum Gasteiger partial charge on any atom is 0.306 e. The van der Waals surface area contributed by atoms with Crippen molar-refractivity contribution in [3.63, 3.8) is 0 Å². The molecule has 3 unspecified atom stereocenters. The number of carboxylic acids is 1. The van der Waals surface area contributed by atoms with Crippen LogP contribution in [0.5, 0.6) is 0 Å². The van der Waals surface area contributed by atoms with Crippen molar-refractivity contribution in [1.82, 2.24) is 0 Å². The fourth-order valence-corrected chi connectivity index (χ4v) is 3.24. The minimum Gasteiger partial charge on any atom is -0.481 e. The summed E-state index contributed by atoms with van der Waals surface area (Å²) >= 11 is 0. The van der Waals surface area contributed by atoms with E-state index >= 15 is 0 Å². The predicted octanol–water partition coefficient (Wildman–Crippen LogP) is 3.95. The predicted molar refractivity (Wildman–Crippen MR) is 66.3 cm³/mol. The van der Waals surface area contributed by atoms with Crippen LogP contribution in [-0.4, -0.2) is 11.1 Å². The topological polar surface area (TPSA) is 37.3 Å². The molecule has 0 aromatic rings. The molecule has 1 N–H and O–H groups in total. The third-order valence-electron chi connectivity index (χ3n) is 4.05. The van der Waals surface area contributed by atoms with Crippen molar-refractivity contribution in [3.8, 4) is 0 Å². The molecule has 1 aliphatic rings. The number of hydrogen-bond acceptors (Lipinski definition) is 1. The molecule has 3 atom stereocenters. The van der Waals surface area contributed by atoms with Crippen LogP contribution in [0, 0.1) is 23.7 Å². The van der Waals surface area contributed by atoms with Crippen LogP contribution < -0.4 is 0 Å². The summed E-state index contributed by atoms with van der Waals surface area (Å²) in [7, 11) is 0. The van der Waals surface area contributed by atoms with E-state index < -0.39 is 5.97 Å². The van der Waals surface area contributed by atoms with Gasteiger partial charge in [0.15, 0.2) is 0 Å². The molecule has 0 aromatic heterocycles. The van der Waals surface area contributed by atoms with Crippen LogP contribution in [-0.2, 0) is 4.79 Å². The Morgan fingerprint density at radius 2 is 1.94 bits per heavy atom. The summed E-state index contributed by atoms with van der Waals surface area (Å²) in [6, 6.07) is 0. The van der Waals surface area contributed by atoms with Crippen molar-refractivity contribution in [3.05, 3.63) is 0 Å². The molecule has 0 heterocycles. The first-order chi connectivity index (χ1) is 7.56. The van der Waals surface area contributed by atoms with Crippen molar-refractivity contribution >= 4 is 5.97 Å². The average molecular weight is 226 g/mol. The lowest BCUT2D eigenvalue weighted by atomic mass is 9.69. The zero-order valence-electron chi connectivity index (χ0n) is 10.9. The number of hydrogen-bond donors (Lipinski definition) is 1. The van der Waals surface area contributed by atoms with Crippen molar-refractivity contribution < 1.29 is 9.90 Å². The van der Waals surface area contributed by atoms with Crippen molar-refractivity contribution in [2.24, 2.45) is 23.7 Å². The Balaban J connectivity index is 2.70. The quantitative estimate of drug-likeness (QED) is 0.770. The lowest BCUT2D eigenvalue weighted by Crippen LogP contribution is -2.32. The smallest absolute Gasteiger partial charge is 0.306 e. The second kappa shape index (κ2) is 6.27. The van der Waals surface area contributed by atoms with Crippen molar-refractivity contribution in [2.45, 2.75) is 59.3 Å². The number of carbonyl (C=O) groups is 1. The Kier molecular flexibility index (Phi) is 5.30. The molecule has 0 spiro atoms. The van der Waals surface area contributed by atoms with E-state index in [1.165, 1.54) is 19.3 Å². The van der Waals surface area contributed by atoms with Crippen molar-refractivity contribution in [1.29, 1.82) is 0 Å².